The van der Waals surface area contributed by atoms with E-state index in [1.807, 2.05) is 6.07 Å². The number of nitrogens with zero attached hydrogens (tertiary/aromatic N) is 6. The summed E-state index contributed by atoms with van der Waals surface area (Å²) in [5, 5.41) is 6.38. The van der Waals surface area contributed by atoms with E-state index >= 15 is 0 Å². The van der Waals surface area contributed by atoms with Gasteiger partial charge < -0.3 is 25.3 Å². The summed E-state index contributed by atoms with van der Waals surface area (Å²) >= 11 is 0. The average molecular weight is 437 g/mol. The molecule has 9 nitrogen and oxygen atoms in total. The van der Waals surface area contributed by atoms with E-state index in [0.717, 1.165) is 57.8 Å². The van der Waals surface area contributed by atoms with Crippen LogP contribution < -0.4 is 20.4 Å². The minimum absolute atomic E-state index is 0.231. The summed E-state index contributed by atoms with van der Waals surface area (Å²) in [4.78, 5) is 33.4. The minimum Gasteiger partial charge on any atom is -0.367 e. The minimum atomic E-state index is -0.231. The molecular formula is C23H32N8O. The SMILES string of the molecule is O=C(Nc1cnccc1N1CCNCC1)c1ccnc(N2CCC(N3CCCC3)CC2)n1. The van der Waals surface area contributed by atoms with E-state index in [-0.39, 0.29) is 5.91 Å². The van der Waals surface area contributed by atoms with Crippen LogP contribution >= 0.6 is 0 Å². The predicted molar refractivity (Wildman–Crippen MR) is 125 cm³/mol. The van der Waals surface area contributed by atoms with Crippen molar-refractivity contribution in [1.82, 2.24) is 25.2 Å². The second-order valence-corrected chi connectivity index (χ2v) is 8.79. The van der Waals surface area contributed by atoms with Crippen LogP contribution in [0.15, 0.2) is 30.7 Å². The van der Waals surface area contributed by atoms with Gasteiger partial charge in [-0.15, -0.1) is 0 Å². The number of pyridine rings is 1. The molecule has 0 spiro atoms. The fourth-order valence-electron chi connectivity index (χ4n) is 5.02. The lowest BCUT2D eigenvalue weighted by Gasteiger charge is -2.36. The molecule has 3 aliphatic rings. The molecule has 2 N–H and O–H groups in total. The quantitative estimate of drug-likeness (QED) is 0.731. The first-order chi connectivity index (χ1) is 15.8. The topological polar surface area (TPSA) is 89.5 Å². The Kier molecular flexibility index (Phi) is 6.45. The molecule has 2 aromatic heterocycles. The maximum atomic E-state index is 13.0. The first-order valence-electron chi connectivity index (χ1n) is 11.8. The third-order valence-electron chi connectivity index (χ3n) is 6.78. The maximum Gasteiger partial charge on any atom is 0.274 e. The van der Waals surface area contributed by atoms with Gasteiger partial charge in [0.2, 0.25) is 5.95 Å². The van der Waals surface area contributed by atoms with Crippen molar-refractivity contribution in [3.05, 3.63) is 36.4 Å². The van der Waals surface area contributed by atoms with Crippen molar-refractivity contribution in [2.24, 2.45) is 0 Å². The van der Waals surface area contributed by atoms with Crippen molar-refractivity contribution < 1.29 is 4.79 Å². The monoisotopic (exact) mass is 436 g/mol. The number of aromatic nitrogens is 3. The predicted octanol–water partition coefficient (Wildman–Crippen LogP) is 1.60. The first kappa shape index (κ1) is 21.1. The summed E-state index contributed by atoms with van der Waals surface area (Å²) in [5.74, 6) is 0.413. The van der Waals surface area contributed by atoms with Crippen molar-refractivity contribution >= 4 is 23.2 Å². The fraction of sp³-hybridized carbons (Fsp3) is 0.565. The molecule has 1 amide bonds. The second kappa shape index (κ2) is 9.79. The maximum absolute atomic E-state index is 13.0. The van der Waals surface area contributed by atoms with Crippen LogP contribution in [0.1, 0.15) is 36.2 Å². The van der Waals surface area contributed by atoms with E-state index in [4.69, 9.17) is 0 Å². The molecule has 0 atom stereocenters. The zero-order chi connectivity index (χ0) is 21.8. The average Bonchev–Trinajstić information content (AvgIpc) is 3.40. The zero-order valence-corrected chi connectivity index (χ0v) is 18.5. The molecule has 0 unspecified atom stereocenters. The van der Waals surface area contributed by atoms with Crippen LogP contribution in [0.3, 0.4) is 0 Å². The number of carbonyl (C=O) groups is 1. The van der Waals surface area contributed by atoms with Crippen LogP contribution in [-0.2, 0) is 0 Å². The van der Waals surface area contributed by atoms with E-state index in [9.17, 15) is 4.79 Å². The Labute approximate surface area is 189 Å². The highest BCUT2D eigenvalue weighted by molar-refractivity contribution is 6.04. The summed E-state index contributed by atoms with van der Waals surface area (Å²) in [6.07, 6.45) is 10.1. The van der Waals surface area contributed by atoms with Gasteiger partial charge in [-0.25, -0.2) is 9.97 Å². The number of amides is 1. The third kappa shape index (κ3) is 4.68. The molecule has 170 valence electrons. The Hall–Kier alpha value is -2.78. The van der Waals surface area contributed by atoms with Crippen molar-refractivity contribution in [3.63, 3.8) is 0 Å². The van der Waals surface area contributed by atoms with Crippen LogP contribution in [0, 0.1) is 0 Å². The van der Waals surface area contributed by atoms with Crippen molar-refractivity contribution in [3.8, 4) is 0 Å². The lowest BCUT2D eigenvalue weighted by atomic mass is 10.0. The Balaban J connectivity index is 1.24. The lowest BCUT2D eigenvalue weighted by molar-refractivity contribution is 0.102. The van der Waals surface area contributed by atoms with Crippen molar-refractivity contribution in [2.75, 3.05) is 67.5 Å². The Morgan fingerprint density at radius 2 is 1.75 bits per heavy atom. The molecule has 0 aliphatic carbocycles. The highest BCUT2D eigenvalue weighted by atomic mass is 16.1. The number of anilines is 3. The number of carbonyl (C=O) groups excluding carboxylic acids is 1. The van der Waals surface area contributed by atoms with Gasteiger partial charge in [0.25, 0.3) is 5.91 Å². The number of piperazine rings is 1. The summed E-state index contributed by atoms with van der Waals surface area (Å²) in [6, 6.07) is 4.31. The lowest BCUT2D eigenvalue weighted by Crippen LogP contribution is -2.44. The largest absolute Gasteiger partial charge is 0.367 e. The molecular weight excluding hydrogens is 404 g/mol. The number of likely N-dealkylation sites (tertiary alicyclic amines) is 1. The Bertz CT molecular complexity index is 918. The van der Waals surface area contributed by atoms with Gasteiger partial charge in [0.1, 0.15) is 5.69 Å². The summed E-state index contributed by atoms with van der Waals surface area (Å²) < 4.78 is 0. The van der Waals surface area contributed by atoms with Gasteiger partial charge in [-0.2, -0.15) is 0 Å². The molecule has 0 saturated carbocycles. The summed E-state index contributed by atoms with van der Waals surface area (Å²) in [6.45, 7) is 8.00. The van der Waals surface area contributed by atoms with Gasteiger partial charge in [-0.3, -0.25) is 9.78 Å². The molecule has 9 heteroatoms. The molecule has 3 fully saturated rings. The number of rotatable bonds is 5. The van der Waals surface area contributed by atoms with E-state index in [0.29, 0.717) is 23.4 Å². The van der Waals surface area contributed by atoms with Gasteiger partial charge in [-0.1, -0.05) is 0 Å². The molecule has 3 aliphatic heterocycles. The van der Waals surface area contributed by atoms with Gasteiger partial charge in [-0.05, 0) is 50.9 Å². The first-order valence-corrected chi connectivity index (χ1v) is 11.8. The Morgan fingerprint density at radius 1 is 0.969 bits per heavy atom. The third-order valence-corrected chi connectivity index (χ3v) is 6.78. The molecule has 32 heavy (non-hydrogen) atoms. The van der Waals surface area contributed by atoms with E-state index in [1.165, 1.54) is 25.9 Å². The van der Waals surface area contributed by atoms with Crippen LogP contribution in [0.25, 0.3) is 0 Å². The Morgan fingerprint density at radius 3 is 2.53 bits per heavy atom. The van der Waals surface area contributed by atoms with Crippen LogP contribution in [-0.4, -0.2) is 84.2 Å². The molecule has 5 heterocycles. The van der Waals surface area contributed by atoms with E-state index < -0.39 is 0 Å². The molecule has 2 aromatic rings. The fourth-order valence-corrected chi connectivity index (χ4v) is 5.02. The molecule has 0 aromatic carbocycles. The number of hydrogen-bond acceptors (Lipinski definition) is 8. The second-order valence-electron chi connectivity index (χ2n) is 8.79. The van der Waals surface area contributed by atoms with Crippen LogP contribution in [0.2, 0.25) is 0 Å². The van der Waals surface area contributed by atoms with Gasteiger partial charge >= 0.3 is 0 Å². The van der Waals surface area contributed by atoms with Crippen molar-refractivity contribution in [1.29, 1.82) is 0 Å². The molecule has 0 bridgehead atoms. The zero-order valence-electron chi connectivity index (χ0n) is 18.5. The van der Waals surface area contributed by atoms with E-state index in [2.05, 4.69) is 40.3 Å². The van der Waals surface area contributed by atoms with Crippen LogP contribution in [0.5, 0.6) is 0 Å². The summed E-state index contributed by atoms with van der Waals surface area (Å²) in [5.41, 5.74) is 2.09. The number of piperidine rings is 1. The molecule has 5 rings (SSSR count). The number of hydrogen-bond donors (Lipinski definition) is 2. The smallest absolute Gasteiger partial charge is 0.274 e. The molecule has 0 radical (unpaired) electrons. The normalized spacial score (nSPS) is 20.5. The van der Waals surface area contributed by atoms with E-state index in [1.54, 1.807) is 24.7 Å². The van der Waals surface area contributed by atoms with Gasteiger partial charge in [0.05, 0.1) is 17.6 Å². The molecule has 3 saturated heterocycles. The van der Waals surface area contributed by atoms with Gasteiger partial charge in [0.15, 0.2) is 0 Å². The highest BCUT2D eigenvalue weighted by Crippen LogP contribution is 2.26. The van der Waals surface area contributed by atoms with Crippen molar-refractivity contribution in [2.45, 2.75) is 31.7 Å². The number of nitrogens with one attached hydrogen (secondary N) is 2. The van der Waals surface area contributed by atoms with Crippen LogP contribution in [0.4, 0.5) is 17.3 Å². The summed E-state index contributed by atoms with van der Waals surface area (Å²) in [7, 11) is 0. The standard InChI is InChI=1S/C23H32N8O/c32-22(27-20-17-25-7-4-21(20)30-15-9-24-10-16-30)19-3-8-26-23(28-19)31-13-5-18(6-14-31)29-11-1-2-12-29/h3-4,7-8,17-18,24H,1-2,5-6,9-16H2,(H,27,32). The highest BCUT2D eigenvalue weighted by Gasteiger charge is 2.27. The van der Waals surface area contributed by atoms with Gasteiger partial charge in [0, 0.05) is 57.7 Å².